The number of hydrogen-bond acceptors (Lipinski definition) is 3. The summed E-state index contributed by atoms with van der Waals surface area (Å²) in [5, 5.41) is 1.44. The van der Waals surface area contributed by atoms with Gasteiger partial charge in [-0.2, -0.15) is 0 Å². The highest BCUT2D eigenvalue weighted by Crippen LogP contribution is 2.24. The minimum Gasteiger partial charge on any atom is -0.332 e. The molecule has 164 valence electrons. The van der Waals surface area contributed by atoms with Crippen LogP contribution in [0.15, 0.2) is 91.5 Å². The molecule has 0 aliphatic rings. The van der Waals surface area contributed by atoms with Crippen LogP contribution in [0.3, 0.4) is 0 Å². The summed E-state index contributed by atoms with van der Waals surface area (Å²) < 4.78 is 2.03. The van der Waals surface area contributed by atoms with E-state index in [4.69, 9.17) is 28.2 Å². The van der Waals surface area contributed by atoms with Crippen LogP contribution in [0.2, 0.25) is 10.0 Å². The molecule has 5 rings (SSSR count). The molecule has 33 heavy (non-hydrogen) atoms. The minimum atomic E-state index is 0.627. The van der Waals surface area contributed by atoms with E-state index in [-0.39, 0.29) is 0 Å². The summed E-state index contributed by atoms with van der Waals surface area (Å²) in [6.45, 7) is 1.99. The maximum atomic E-state index is 6.26. The molecule has 0 saturated heterocycles. The van der Waals surface area contributed by atoms with Crippen molar-refractivity contribution in [1.29, 1.82) is 0 Å². The van der Waals surface area contributed by atoms with Crippen molar-refractivity contribution in [3.63, 3.8) is 0 Å². The average molecular weight is 475 g/mol. The van der Waals surface area contributed by atoms with Gasteiger partial charge in [-0.05, 0) is 41.0 Å². The molecule has 1 N–H and O–H groups in total. The Kier molecular flexibility index (Phi) is 6.24. The molecule has 0 atom stereocenters. The van der Waals surface area contributed by atoms with E-state index in [0.717, 1.165) is 33.1 Å². The first-order valence-electron chi connectivity index (χ1n) is 10.6. The zero-order valence-corrected chi connectivity index (χ0v) is 19.3. The van der Waals surface area contributed by atoms with Crippen molar-refractivity contribution in [2.75, 3.05) is 4.90 Å². The fourth-order valence-corrected chi connectivity index (χ4v) is 4.39. The lowest BCUT2D eigenvalue weighted by molar-refractivity contribution is -0.667. The first kappa shape index (κ1) is 21.4. The van der Waals surface area contributed by atoms with E-state index < -0.39 is 0 Å². The lowest BCUT2D eigenvalue weighted by atomic mass is 10.1. The van der Waals surface area contributed by atoms with E-state index in [9.17, 15) is 0 Å². The van der Waals surface area contributed by atoms with Gasteiger partial charge in [0.15, 0.2) is 11.8 Å². The summed E-state index contributed by atoms with van der Waals surface area (Å²) in [6.07, 6.45) is 3.56. The lowest BCUT2D eigenvalue weighted by Crippen LogP contribution is -2.37. The molecular formula is C26H22Cl2N5+. The first-order chi connectivity index (χ1) is 16.2. The predicted molar refractivity (Wildman–Crippen MR) is 132 cm³/mol. The van der Waals surface area contributed by atoms with Crippen LogP contribution >= 0.6 is 23.2 Å². The number of H-pyrrole nitrogens is 1. The van der Waals surface area contributed by atoms with Gasteiger partial charge in [0.2, 0.25) is 12.1 Å². The van der Waals surface area contributed by atoms with Crippen molar-refractivity contribution in [1.82, 2.24) is 15.0 Å². The second kappa shape index (κ2) is 9.61. The number of hydrogen-bond donors (Lipinski definition) is 1. The van der Waals surface area contributed by atoms with E-state index in [1.54, 1.807) is 6.33 Å². The largest absolute Gasteiger partial charge is 0.332 e. The van der Waals surface area contributed by atoms with Crippen LogP contribution < -0.4 is 9.47 Å². The molecule has 0 fully saturated rings. The molecule has 2 heterocycles. The van der Waals surface area contributed by atoms with Gasteiger partial charge < -0.3 is 9.88 Å². The zero-order chi connectivity index (χ0) is 22.6. The van der Waals surface area contributed by atoms with Gasteiger partial charge in [-0.15, -0.1) is 0 Å². The summed E-state index contributed by atoms with van der Waals surface area (Å²) in [5.74, 6) is 0.841. The number of imidazole rings is 1. The van der Waals surface area contributed by atoms with Gasteiger partial charge in [0.1, 0.15) is 0 Å². The van der Waals surface area contributed by atoms with E-state index >= 15 is 0 Å². The molecule has 0 bridgehead atoms. The monoisotopic (exact) mass is 474 g/mol. The Balaban J connectivity index is 1.53. The molecule has 0 amide bonds. The molecule has 7 heteroatoms. The number of fused-ring (bicyclic) bond motifs is 1. The highest BCUT2D eigenvalue weighted by molar-refractivity contribution is 6.30. The predicted octanol–water partition coefficient (Wildman–Crippen LogP) is 5.81. The Bertz CT molecular complexity index is 1380. The van der Waals surface area contributed by atoms with Crippen LogP contribution in [-0.4, -0.2) is 15.0 Å². The number of halogens is 2. The molecule has 0 aliphatic carbocycles. The third-order valence-electron chi connectivity index (χ3n) is 5.45. The topological polar surface area (TPSA) is 48.7 Å². The van der Waals surface area contributed by atoms with Crippen LogP contribution in [0.5, 0.6) is 0 Å². The molecule has 0 aliphatic heterocycles. The molecular weight excluding hydrogens is 453 g/mol. The van der Waals surface area contributed by atoms with Gasteiger partial charge in [0.05, 0.1) is 6.54 Å². The SMILES string of the molecule is Clc1cccc(CN(Cc2ccccc2)c2nc[n+](Cc3cccc(Cl)c3)c3nc[nH]c23)c1. The molecule has 0 saturated carbocycles. The van der Waals surface area contributed by atoms with E-state index in [2.05, 4.69) is 45.2 Å². The Labute approximate surface area is 202 Å². The van der Waals surface area contributed by atoms with Crippen LogP contribution in [0.25, 0.3) is 11.2 Å². The highest BCUT2D eigenvalue weighted by Gasteiger charge is 2.22. The Morgan fingerprint density at radius 3 is 2.18 bits per heavy atom. The average Bonchev–Trinajstić information content (AvgIpc) is 3.30. The first-order valence-corrected chi connectivity index (χ1v) is 11.4. The van der Waals surface area contributed by atoms with Crippen molar-refractivity contribution >= 4 is 40.2 Å². The van der Waals surface area contributed by atoms with Crippen LogP contribution in [0.1, 0.15) is 16.7 Å². The van der Waals surface area contributed by atoms with Crippen molar-refractivity contribution < 1.29 is 4.57 Å². The van der Waals surface area contributed by atoms with Gasteiger partial charge in [-0.3, -0.25) is 0 Å². The number of aromatic nitrogens is 4. The number of rotatable bonds is 7. The van der Waals surface area contributed by atoms with Crippen molar-refractivity contribution in [2.45, 2.75) is 19.6 Å². The smallest absolute Gasteiger partial charge is 0.293 e. The summed E-state index contributed by atoms with van der Waals surface area (Å²) in [5.41, 5.74) is 5.13. The van der Waals surface area contributed by atoms with E-state index in [1.165, 1.54) is 5.56 Å². The van der Waals surface area contributed by atoms with Crippen molar-refractivity contribution in [3.8, 4) is 0 Å². The van der Waals surface area contributed by atoms with Crippen LogP contribution in [0.4, 0.5) is 5.82 Å². The number of nitrogens with one attached hydrogen (secondary N) is 1. The van der Waals surface area contributed by atoms with Crippen LogP contribution in [0, 0.1) is 0 Å². The molecule has 0 spiro atoms. The molecule has 5 aromatic rings. The van der Waals surface area contributed by atoms with Gasteiger partial charge in [0.25, 0.3) is 5.65 Å². The Hall–Kier alpha value is -3.41. The van der Waals surface area contributed by atoms with Crippen LogP contribution in [-0.2, 0) is 19.6 Å². The summed E-state index contributed by atoms with van der Waals surface area (Å²) >= 11 is 12.4. The second-order valence-corrected chi connectivity index (χ2v) is 8.77. The van der Waals surface area contributed by atoms with Crippen molar-refractivity contribution in [3.05, 3.63) is 118 Å². The van der Waals surface area contributed by atoms with E-state index in [0.29, 0.717) is 24.7 Å². The standard InChI is InChI=1S/C26H21Cl2N5/c27-22-10-4-8-20(12-22)15-32(14-19-6-2-1-3-7-19)26-24-25(30-17-29-24)33(18-31-26)16-21-9-5-11-23(28)13-21/h1-13,17-18H,14-16H2/p+1. The summed E-state index contributed by atoms with van der Waals surface area (Å²) in [7, 11) is 0. The van der Waals surface area contributed by atoms with Gasteiger partial charge in [0, 0.05) is 23.1 Å². The van der Waals surface area contributed by atoms with Crippen molar-refractivity contribution in [2.24, 2.45) is 0 Å². The third kappa shape index (κ3) is 5.00. The fourth-order valence-electron chi connectivity index (χ4n) is 3.97. The quantitative estimate of drug-likeness (QED) is 0.303. The second-order valence-electron chi connectivity index (χ2n) is 7.90. The molecule has 3 aromatic carbocycles. The highest BCUT2D eigenvalue weighted by atomic mass is 35.5. The van der Waals surface area contributed by atoms with E-state index in [1.807, 2.05) is 59.4 Å². The number of benzene rings is 3. The van der Waals surface area contributed by atoms with Gasteiger partial charge >= 0.3 is 0 Å². The Morgan fingerprint density at radius 2 is 1.42 bits per heavy atom. The van der Waals surface area contributed by atoms with Gasteiger partial charge in [-0.1, -0.05) is 87.8 Å². The molecule has 5 nitrogen and oxygen atoms in total. The molecule has 2 aromatic heterocycles. The minimum absolute atomic E-state index is 0.627. The molecule has 0 unspecified atom stereocenters. The third-order valence-corrected chi connectivity index (χ3v) is 5.92. The maximum absolute atomic E-state index is 6.26. The number of nitrogens with zero attached hydrogens (tertiary/aromatic N) is 4. The van der Waals surface area contributed by atoms with Gasteiger partial charge in [-0.25, -0.2) is 4.57 Å². The molecule has 0 radical (unpaired) electrons. The number of anilines is 1. The summed E-state index contributed by atoms with van der Waals surface area (Å²) in [6, 6.07) is 26.1. The maximum Gasteiger partial charge on any atom is 0.293 e. The Morgan fingerprint density at radius 1 is 0.758 bits per heavy atom. The lowest BCUT2D eigenvalue weighted by Gasteiger charge is -2.22. The fraction of sp³-hybridized carbons (Fsp3) is 0.115. The summed E-state index contributed by atoms with van der Waals surface area (Å²) in [4.78, 5) is 15.0. The number of aromatic amines is 1. The normalized spacial score (nSPS) is 11.1. The zero-order valence-electron chi connectivity index (χ0n) is 17.8.